The molecule has 0 amide bonds. The van der Waals surface area contributed by atoms with E-state index in [1.54, 1.807) is 13.1 Å². The summed E-state index contributed by atoms with van der Waals surface area (Å²) in [6.07, 6.45) is 3.59. The fraction of sp³-hybridized carbons (Fsp3) is 0.556. The van der Waals surface area contributed by atoms with Crippen molar-refractivity contribution in [2.75, 3.05) is 6.61 Å². The van der Waals surface area contributed by atoms with Crippen LogP contribution in [0.3, 0.4) is 0 Å². The summed E-state index contributed by atoms with van der Waals surface area (Å²) in [5, 5.41) is 6.53. The molecule has 0 aliphatic carbocycles. The van der Waals surface area contributed by atoms with Crippen LogP contribution < -0.4 is 0 Å². The largest absolute Gasteiger partial charge is 0.461 e. The van der Waals surface area contributed by atoms with Crippen LogP contribution in [-0.4, -0.2) is 22.8 Å². The van der Waals surface area contributed by atoms with Crippen molar-refractivity contribution in [3.05, 3.63) is 17.5 Å². The van der Waals surface area contributed by atoms with Crippen molar-refractivity contribution in [1.29, 1.82) is 0 Å². The summed E-state index contributed by atoms with van der Waals surface area (Å²) in [7, 11) is 0. The first-order valence-corrected chi connectivity index (χ1v) is 4.49. The Labute approximate surface area is 77.3 Å². The number of aromatic amines is 1. The minimum atomic E-state index is -0.341. The average molecular weight is 182 g/mol. The number of nitrogens with zero attached hydrogens (tertiary/aromatic N) is 1. The van der Waals surface area contributed by atoms with Gasteiger partial charge in [-0.25, -0.2) is 4.79 Å². The van der Waals surface area contributed by atoms with Crippen LogP contribution in [0.2, 0.25) is 0 Å². The van der Waals surface area contributed by atoms with E-state index in [9.17, 15) is 4.79 Å². The predicted octanol–water partition coefficient (Wildman–Crippen LogP) is 1.54. The van der Waals surface area contributed by atoms with Gasteiger partial charge >= 0.3 is 5.97 Å². The van der Waals surface area contributed by atoms with Gasteiger partial charge in [0, 0.05) is 11.8 Å². The van der Waals surface area contributed by atoms with Crippen molar-refractivity contribution >= 4 is 5.97 Å². The van der Waals surface area contributed by atoms with Crippen LogP contribution in [0.1, 0.15) is 36.3 Å². The lowest BCUT2D eigenvalue weighted by Gasteiger charge is -1.99. The first kappa shape index (κ1) is 9.77. The van der Waals surface area contributed by atoms with E-state index in [0.29, 0.717) is 12.3 Å². The lowest BCUT2D eigenvalue weighted by molar-refractivity contribution is 0.0518. The number of nitrogens with one attached hydrogen (secondary N) is 1. The maximum absolute atomic E-state index is 11.3. The second kappa shape index (κ2) is 4.64. The molecule has 1 rings (SSSR count). The number of hydrogen-bond acceptors (Lipinski definition) is 3. The van der Waals surface area contributed by atoms with Crippen molar-refractivity contribution in [1.82, 2.24) is 10.2 Å². The van der Waals surface area contributed by atoms with E-state index < -0.39 is 0 Å². The highest BCUT2D eigenvalue weighted by Crippen LogP contribution is 2.08. The van der Waals surface area contributed by atoms with Gasteiger partial charge in [0.25, 0.3) is 0 Å². The van der Waals surface area contributed by atoms with Crippen LogP contribution in [0, 0.1) is 0 Å². The molecule has 72 valence electrons. The molecular weight excluding hydrogens is 168 g/mol. The number of esters is 1. The van der Waals surface area contributed by atoms with E-state index in [1.807, 2.05) is 0 Å². The predicted molar refractivity (Wildman–Crippen MR) is 48.5 cm³/mol. The van der Waals surface area contributed by atoms with E-state index in [1.165, 1.54) is 0 Å². The van der Waals surface area contributed by atoms with Crippen LogP contribution in [-0.2, 0) is 11.2 Å². The molecule has 0 atom stereocenters. The van der Waals surface area contributed by atoms with E-state index in [4.69, 9.17) is 4.74 Å². The second-order valence-electron chi connectivity index (χ2n) is 2.73. The minimum Gasteiger partial charge on any atom is -0.461 e. The van der Waals surface area contributed by atoms with Crippen molar-refractivity contribution in [2.24, 2.45) is 0 Å². The number of carbonyl (C=O) groups is 1. The standard InChI is InChI=1S/C9H14N2O2/c1-3-5-7-6-10-11-8(7)9(12)13-4-2/h6H,3-5H2,1-2H3,(H,10,11). The summed E-state index contributed by atoms with van der Waals surface area (Å²) >= 11 is 0. The summed E-state index contributed by atoms with van der Waals surface area (Å²) in [6, 6.07) is 0. The smallest absolute Gasteiger partial charge is 0.359 e. The fourth-order valence-electron chi connectivity index (χ4n) is 1.15. The summed E-state index contributed by atoms with van der Waals surface area (Å²) in [4.78, 5) is 11.3. The molecule has 0 aromatic carbocycles. The van der Waals surface area contributed by atoms with Crippen molar-refractivity contribution in [3.63, 3.8) is 0 Å². The van der Waals surface area contributed by atoms with Crippen LogP contribution in [0.4, 0.5) is 0 Å². The van der Waals surface area contributed by atoms with Crippen molar-refractivity contribution in [3.8, 4) is 0 Å². The van der Waals surface area contributed by atoms with Gasteiger partial charge < -0.3 is 4.74 Å². The van der Waals surface area contributed by atoms with Gasteiger partial charge in [-0.2, -0.15) is 5.10 Å². The van der Waals surface area contributed by atoms with E-state index in [0.717, 1.165) is 18.4 Å². The highest BCUT2D eigenvalue weighted by molar-refractivity contribution is 5.88. The molecule has 0 saturated heterocycles. The van der Waals surface area contributed by atoms with Gasteiger partial charge in [0.1, 0.15) is 0 Å². The fourth-order valence-corrected chi connectivity index (χ4v) is 1.15. The number of hydrogen-bond donors (Lipinski definition) is 1. The van der Waals surface area contributed by atoms with E-state index >= 15 is 0 Å². The number of aryl methyl sites for hydroxylation is 1. The van der Waals surface area contributed by atoms with Crippen molar-refractivity contribution < 1.29 is 9.53 Å². The zero-order valence-corrected chi connectivity index (χ0v) is 7.96. The Hall–Kier alpha value is -1.32. The summed E-state index contributed by atoms with van der Waals surface area (Å²) < 4.78 is 4.85. The molecule has 0 saturated carbocycles. The van der Waals surface area contributed by atoms with Crippen molar-refractivity contribution in [2.45, 2.75) is 26.7 Å². The Morgan fingerprint density at radius 1 is 1.62 bits per heavy atom. The molecule has 1 aromatic rings. The molecule has 1 heterocycles. The molecule has 4 heteroatoms. The molecule has 0 bridgehead atoms. The molecule has 0 fully saturated rings. The van der Waals surface area contributed by atoms with Gasteiger partial charge in [0.15, 0.2) is 5.69 Å². The molecule has 0 aliphatic rings. The summed E-state index contributed by atoms with van der Waals surface area (Å²) in [6.45, 7) is 4.23. The zero-order chi connectivity index (χ0) is 9.68. The third-order valence-corrected chi connectivity index (χ3v) is 1.71. The molecule has 0 unspecified atom stereocenters. The molecule has 0 aliphatic heterocycles. The second-order valence-corrected chi connectivity index (χ2v) is 2.73. The van der Waals surface area contributed by atoms with Gasteiger partial charge in [-0.15, -0.1) is 0 Å². The monoisotopic (exact) mass is 182 g/mol. The van der Waals surface area contributed by atoms with Gasteiger partial charge in [-0.3, -0.25) is 5.10 Å². The Morgan fingerprint density at radius 3 is 3.00 bits per heavy atom. The number of aromatic nitrogens is 2. The minimum absolute atomic E-state index is 0.341. The van der Waals surface area contributed by atoms with Gasteiger partial charge in [0.05, 0.1) is 6.61 Å². The Bertz CT molecular complexity index is 281. The third-order valence-electron chi connectivity index (χ3n) is 1.71. The van der Waals surface area contributed by atoms with Crippen LogP contribution >= 0.6 is 0 Å². The van der Waals surface area contributed by atoms with Crippen LogP contribution in [0.15, 0.2) is 6.20 Å². The quantitative estimate of drug-likeness (QED) is 0.718. The average Bonchev–Trinajstić information content (AvgIpc) is 2.54. The van der Waals surface area contributed by atoms with E-state index in [-0.39, 0.29) is 5.97 Å². The topological polar surface area (TPSA) is 55.0 Å². The van der Waals surface area contributed by atoms with Crippen LogP contribution in [0.5, 0.6) is 0 Å². The number of carbonyl (C=O) groups excluding carboxylic acids is 1. The zero-order valence-electron chi connectivity index (χ0n) is 7.96. The normalized spacial score (nSPS) is 10.0. The third kappa shape index (κ3) is 2.31. The first-order valence-electron chi connectivity index (χ1n) is 4.49. The maximum Gasteiger partial charge on any atom is 0.359 e. The molecular formula is C9H14N2O2. The Morgan fingerprint density at radius 2 is 2.38 bits per heavy atom. The molecule has 1 aromatic heterocycles. The number of ether oxygens (including phenoxy) is 1. The first-order chi connectivity index (χ1) is 6.29. The lowest BCUT2D eigenvalue weighted by Crippen LogP contribution is -2.07. The van der Waals surface area contributed by atoms with Gasteiger partial charge in [-0.05, 0) is 13.3 Å². The van der Waals surface area contributed by atoms with Gasteiger partial charge in [0.2, 0.25) is 0 Å². The molecule has 0 spiro atoms. The summed E-state index contributed by atoms with van der Waals surface area (Å²) in [5.74, 6) is -0.341. The molecule has 4 nitrogen and oxygen atoms in total. The van der Waals surface area contributed by atoms with E-state index in [2.05, 4.69) is 17.1 Å². The molecule has 1 N–H and O–H groups in total. The molecule has 0 radical (unpaired) electrons. The SMILES string of the molecule is CCCc1c[nH]nc1C(=O)OCC. The number of rotatable bonds is 4. The summed E-state index contributed by atoms with van der Waals surface area (Å²) in [5.41, 5.74) is 1.35. The maximum atomic E-state index is 11.3. The van der Waals surface area contributed by atoms with Crippen LogP contribution in [0.25, 0.3) is 0 Å². The number of H-pyrrole nitrogens is 1. The Kier molecular flexibility index (Phi) is 3.49. The highest BCUT2D eigenvalue weighted by atomic mass is 16.5. The highest BCUT2D eigenvalue weighted by Gasteiger charge is 2.14. The van der Waals surface area contributed by atoms with Gasteiger partial charge in [-0.1, -0.05) is 13.3 Å². The molecule has 13 heavy (non-hydrogen) atoms. The Balaban J connectivity index is 2.74. The lowest BCUT2D eigenvalue weighted by atomic mass is 10.1.